The fourth-order valence-electron chi connectivity index (χ4n) is 3.04. The summed E-state index contributed by atoms with van der Waals surface area (Å²) >= 11 is 0. The van der Waals surface area contributed by atoms with Crippen LogP contribution < -0.4 is 10.2 Å². The molecule has 1 heterocycles. The summed E-state index contributed by atoms with van der Waals surface area (Å²) in [6.07, 6.45) is 0.663. The number of hydrogen-bond donors (Lipinski definition) is 1. The summed E-state index contributed by atoms with van der Waals surface area (Å²) in [5.74, 6) is -0.472. The van der Waals surface area contributed by atoms with Gasteiger partial charge in [0, 0.05) is 29.9 Å². The van der Waals surface area contributed by atoms with Crippen LogP contribution in [0.3, 0.4) is 0 Å². The Balaban J connectivity index is 1.81. The lowest BCUT2D eigenvalue weighted by Gasteiger charge is -2.28. The predicted molar refractivity (Wildman–Crippen MR) is 98.3 cm³/mol. The molecule has 1 aliphatic rings. The number of nitro benzene ring substituents is 1. The molecular formula is C19H19N3O4. The highest BCUT2D eigenvalue weighted by Gasteiger charge is 2.27. The van der Waals surface area contributed by atoms with Crippen LogP contribution in [0.4, 0.5) is 17.1 Å². The van der Waals surface area contributed by atoms with Crippen LogP contribution in [-0.4, -0.2) is 23.3 Å². The molecule has 7 nitrogen and oxygen atoms in total. The van der Waals surface area contributed by atoms with Gasteiger partial charge in [-0.2, -0.15) is 0 Å². The Bertz CT molecular complexity index is 908. The van der Waals surface area contributed by atoms with Crippen molar-refractivity contribution in [2.24, 2.45) is 0 Å². The van der Waals surface area contributed by atoms with Crippen molar-refractivity contribution >= 4 is 28.9 Å². The number of rotatable bonds is 4. The number of amides is 2. The topological polar surface area (TPSA) is 92.6 Å². The molecule has 0 aliphatic carbocycles. The molecule has 0 bridgehead atoms. The molecule has 0 radical (unpaired) electrons. The molecule has 0 saturated carbocycles. The van der Waals surface area contributed by atoms with Gasteiger partial charge in [0.1, 0.15) is 6.54 Å². The van der Waals surface area contributed by atoms with Crippen LogP contribution in [0.5, 0.6) is 0 Å². The second-order valence-electron chi connectivity index (χ2n) is 6.42. The summed E-state index contributed by atoms with van der Waals surface area (Å²) in [6, 6.07) is 10.1. The number of anilines is 2. The minimum absolute atomic E-state index is 0.0158. The lowest BCUT2D eigenvalue weighted by molar-refractivity contribution is -0.384. The molecule has 0 aromatic heterocycles. The molecule has 2 amide bonds. The second kappa shape index (κ2) is 6.95. The zero-order valence-electron chi connectivity index (χ0n) is 14.6. The van der Waals surface area contributed by atoms with Crippen molar-refractivity contribution in [1.82, 2.24) is 0 Å². The number of nitro groups is 1. The summed E-state index contributed by atoms with van der Waals surface area (Å²) in [5, 5.41) is 13.8. The lowest BCUT2D eigenvalue weighted by atomic mass is 10.0. The van der Waals surface area contributed by atoms with Crippen LogP contribution in [-0.2, 0) is 16.0 Å². The standard InChI is InChI=1S/C19H19N3O4/c1-12-3-4-13(2)16(9-12)20-18(23)11-21-17-7-6-15(22(25)26)10-14(17)5-8-19(21)24/h3-4,6-7,9-10H,5,8,11H2,1-2H3,(H,20,23). The number of nitrogens with zero attached hydrogens (tertiary/aromatic N) is 2. The average molecular weight is 353 g/mol. The number of hydrogen-bond acceptors (Lipinski definition) is 4. The molecule has 2 aromatic carbocycles. The average Bonchev–Trinajstić information content (AvgIpc) is 2.60. The van der Waals surface area contributed by atoms with Crippen LogP contribution >= 0.6 is 0 Å². The van der Waals surface area contributed by atoms with Crippen molar-refractivity contribution in [3.8, 4) is 0 Å². The predicted octanol–water partition coefficient (Wildman–Crippen LogP) is 3.13. The Hall–Kier alpha value is -3.22. The Labute approximate surface area is 150 Å². The van der Waals surface area contributed by atoms with E-state index in [2.05, 4.69) is 5.32 Å². The third kappa shape index (κ3) is 3.56. The zero-order chi connectivity index (χ0) is 18.8. The third-order valence-electron chi connectivity index (χ3n) is 4.44. The molecule has 0 spiro atoms. The number of benzene rings is 2. The molecule has 0 unspecified atom stereocenters. The Morgan fingerprint density at radius 2 is 1.96 bits per heavy atom. The van der Waals surface area contributed by atoms with Gasteiger partial charge in [0.05, 0.1) is 4.92 Å². The quantitative estimate of drug-likeness (QED) is 0.675. The van der Waals surface area contributed by atoms with E-state index >= 15 is 0 Å². The van der Waals surface area contributed by atoms with Gasteiger partial charge in [0.15, 0.2) is 0 Å². The van der Waals surface area contributed by atoms with E-state index in [1.807, 2.05) is 32.0 Å². The zero-order valence-corrected chi connectivity index (χ0v) is 14.6. The fraction of sp³-hybridized carbons (Fsp3) is 0.263. The van der Waals surface area contributed by atoms with Gasteiger partial charge in [-0.1, -0.05) is 12.1 Å². The largest absolute Gasteiger partial charge is 0.324 e. The van der Waals surface area contributed by atoms with Crippen LogP contribution in [0.25, 0.3) is 0 Å². The van der Waals surface area contributed by atoms with Crippen molar-refractivity contribution in [1.29, 1.82) is 0 Å². The van der Waals surface area contributed by atoms with Gasteiger partial charge < -0.3 is 10.2 Å². The number of nitrogens with one attached hydrogen (secondary N) is 1. The number of aryl methyl sites for hydroxylation is 3. The highest BCUT2D eigenvalue weighted by Crippen LogP contribution is 2.31. The van der Waals surface area contributed by atoms with E-state index in [-0.39, 0.29) is 30.5 Å². The highest BCUT2D eigenvalue weighted by atomic mass is 16.6. The summed E-state index contributed by atoms with van der Waals surface area (Å²) in [5.41, 5.74) is 3.92. The smallest absolute Gasteiger partial charge is 0.269 e. The first-order valence-electron chi connectivity index (χ1n) is 8.30. The third-order valence-corrected chi connectivity index (χ3v) is 4.44. The number of carbonyl (C=O) groups excluding carboxylic acids is 2. The van der Waals surface area contributed by atoms with Gasteiger partial charge in [-0.05, 0) is 49.1 Å². The lowest BCUT2D eigenvalue weighted by Crippen LogP contribution is -2.41. The monoisotopic (exact) mass is 353 g/mol. The Morgan fingerprint density at radius 1 is 1.19 bits per heavy atom. The van der Waals surface area contributed by atoms with Crippen molar-refractivity contribution in [3.05, 3.63) is 63.2 Å². The van der Waals surface area contributed by atoms with E-state index in [9.17, 15) is 19.7 Å². The van der Waals surface area contributed by atoms with E-state index in [0.717, 1.165) is 11.1 Å². The summed E-state index contributed by atoms with van der Waals surface area (Å²) in [4.78, 5) is 36.6. The minimum atomic E-state index is -0.464. The maximum atomic E-state index is 12.5. The minimum Gasteiger partial charge on any atom is -0.324 e. The number of non-ortho nitro benzene ring substituents is 1. The molecule has 134 valence electrons. The Kier molecular flexibility index (Phi) is 4.71. The molecule has 0 fully saturated rings. The van der Waals surface area contributed by atoms with Crippen molar-refractivity contribution in [2.75, 3.05) is 16.8 Å². The molecule has 2 aromatic rings. The molecule has 7 heteroatoms. The fourth-order valence-corrected chi connectivity index (χ4v) is 3.04. The van der Waals surface area contributed by atoms with Gasteiger partial charge >= 0.3 is 0 Å². The molecule has 1 N–H and O–H groups in total. The first-order valence-corrected chi connectivity index (χ1v) is 8.30. The van der Waals surface area contributed by atoms with Crippen LogP contribution in [0.2, 0.25) is 0 Å². The maximum absolute atomic E-state index is 12.5. The summed E-state index contributed by atoms with van der Waals surface area (Å²) < 4.78 is 0. The summed E-state index contributed by atoms with van der Waals surface area (Å²) in [6.45, 7) is 3.71. The maximum Gasteiger partial charge on any atom is 0.269 e. The second-order valence-corrected chi connectivity index (χ2v) is 6.42. The van der Waals surface area contributed by atoms with Gasteiger partial charge in [-0.25, -0.2) is 0 Å². The van der Waals surface area contributed by atoms with Crippen molar-refractivity contribution in [2.45, 2.75) is 26.7 Å². The van der Waals surface area contributed by atoms with Gasteiger partial charge in [0.25, 0.3) is 5.69 Å². The SMILES string of the molecule is Cc1ccc(C)c(NC(=O)CN2C(=O)CCc3cc([N+](=O)[O-])ccc32)c1. The van der Waals surface area contributed by atoms with E-state index in [1.165, 1.54) is 23.1 Å². The van der Waals surface area contributed by atoms with Crippen molar-refractivity contribution < 1.29 is 14.5 Å². The van der Waals surface area contributed by atoms with E-state index in [0.29, 0.717) is 23.4 Å². The molecule has 3 rings (SSSR count). The molecule has 0 atom stereocenters. The van der Waals surface area contributed by atoms with E-state index in [1.54, 1.807) is 0 Å². The molecule has 0 saturated heterocycles. The van der Waals surface area contributed by atoms with Crippen LogP contribution in [0.1, 0.15) is 23.1 Å². The molecule has 1 aliphatic heterocycles. The molecule has 26 heavy (non-hydrogen) atoms. The number of fused-ring (bicyclic) bond motifs is 1. The normalized spacial score (nSPS) is 13.3. The van der Waals surface area contributed by atoms with E-state index < -0.39 is 4.92 Å². The van der Waals surface area contributed by atoms with Crippen LogP contribution in [0, 0.1) is 24.0 Å². The molecular weight excluding hydrogens is 334 g/mol. The highest BCUT2D eigenvalue weighted by molar-refractivity contribution is 6.04. The van der Waals surface area contributed by atoms with E-state index in [4.69, 9.17) is 0 Å². The number of carbonyl (C=O) groups is 2. The van der Waals surface area contributed by atoms with Crippen LogP contribution in [0.15, 0.2) is 36.4 Å². The Morgan fingerprint density at radius 3 is 2.69 bits per heavy atom. The summed E-state index contributed by atoms with van der Waals surface area (Å²) in [7, 11) is 0. The first-order chi connectivity index (χ1) is 12.3. The van der Waals surface area contributed by atoms with Gasteiger partial charge in [0.2, 0.25) is 11.8 Å². The first kappa shape index (κ1) is 17.6. The van der Waals surface area contributed by atoms with Gasteiger partial charge in [-0.15, -0.1) is 0 Å². The van der Waals surface area contributed by atoms with Gasteiger partial charge in [-0.3, -0.25) is 19.7 Å². The van der Waals surface area contributed by atoms with Crippen molar-refractivity contribution in [3.63, 3.8) is 0 Å².